The Labute approximate surface area is 93.1 Å². The molecule has 76 valence electrons. The summed E-state index contributed by atoms with van der Waals surface area (Å²) in [4.78, 5) is 4.27. The van der Waals surface area contributed by atoms with Gasteiger partial charge in [-0.15, -0.1) is 6.58 Å². The van der Waals surface area contributed by atoms with Gasteiger partial charge in [-0.1, -0.05) is 5.57 Å². The van der Waals surface area contributed by atoms with E-state index in [1.54, 1.807) is 0 Å². The normalized spacial score (nSPS) is 9.93. The maximum absolute atomic E-state index is 5.46. The summed E-state index contributed by atoms with van der Waals surface area (Å²) in [6.07, 6.45) is 0.872. The van der Waals surface area contributed by atoms with Gasteiger partial charge < -0.3 is 4.74 Å². The minimum absolute atomic E-state index is 0.642. The number of ether oxygens (including phenoxy) is 1. The van der Waals surface area contributed by atoms with E-state index in [4.69, 9.17) is 4.74 Å². The standard InChI is InChI=1S/C11H14BrNO/c1-8(2)6-7-14-11-5-4-10(12)9(3)13-11/h4-5H,1,6-7H2,2-3H3. The molecular weight excluding hydrogens is 242 g/mol. The highest BCUT2D eigenvalue weighted by molar-refractivity contribution is 9.10. The summed E-state index contributed by atoms with van der Waals surface area (Å²) in [7, 11) is 0. The molecule has 2 nitrogen and oxygen atoms in total. The van der Waals surface area contributed by atoms with Gasteiger partial charge in [-0.3, -0.25) is 0 Å². The van der Waals surface area contributed by atoms with E-state index in [2.05, 4.69) is 27.5 Å². The van der Waals surface area contributed by atoms with Crippen molar-refractivity contribution in [3.05, 3.63) is 34.5 Å². The second-order valence-corrected chi connectivity index (χ2v) is 4.13. The highest BCUT2D eigenvalue weighted by Gasteiger charge is 1.99. The van der Waals surface area contributed by atoms with Gasteiger partial charge in [0.25, 0.3) is 0 Å². The Morgan fingerprint density at radius 3 is 2.86 bits per heavy atom. The molecule has 0 aliphatic heterocycles. The third-order valence-electron chi connectivity index (χ3n) is 1.77. The average Bonchev–Trinajstić information content (AvgIpc) is 2.10. The van der Waals surface area contributed by atoms with Crippen LogP contribution in [0.15, 0.2) is 28.8 Å². The van der Waals surface area contributed by atoms with Crippen LogP contribution < -0.4 is 4.74 Å². The molecule has 3 heteroatoms. The summed E-state index contributed by atoms with van der Waals surface area (Å²) in [6, 6.07) is 3.80. The zero-order chi connectivity index (χ0) is 10.6. The van der Waals surface area contributed by atoms with Gasteiger partial charge in [0.15, 0.2) is 0 Å². The Morgan fingerprint density at radius 2 is 2.29 bits per heavy atom. The second-order valence-electron chi connectivity index (χ2n) is 3.27. The molecule has 14 heavy (non-hydrogen) atoms. The van der Waals surface area contributed by atoms with Crippen LogP contribution in [0, 0.1) is 6.92 Å². The van der Waals surface area contributed by atoms with Crippen molar-refractivity contribution in [1.29, 1.82) is 0 Å². The third-order valence-corrected chi connectivity index (χ3v) is 2.61. The summed E-state index contributed by atoms with van der Waals surface area (Å²) in [5.41, 5.74) is 2.07. The number of hydrogen-bond acceptors (Lipinski definition) is 2. The Hall–Kier alpha value is -0.830. The average molecular weight is 256 g/mol. The molecule has 0 bridgehead atoms. The molecule has 1 aromatic rings. The maximum atomic E-state index is 5.46. The molecule has 1 rings (SSSR count). The minimum Gasteiger partial charge on any atom is -0.477 e. The predicted octanol–water partition coefficient (Wildman–Crippen LogP) is 3.50. The van der Waals surface area contributed by atoms with E-state index >= 15 is 0 Å². The number of nitrogens with zero attached hydrogens (tertiary/aromatic N) is 1. The number of halogens is 1. The van der Waals surface area contributed by atoms with E-state index in [1.807, 2.05) is 26.0 Å². The summed E-state index contributed by atoms with van der Waals surface area (Å²) in [5.74, 6) is 0.673. The Bertz CT molecular complexity index is 336. The summed E-state index contributed by atoms with van der Waals surface area (Å²) in [5, 5.41) is 0. The lowest BCUT2D eigenvalue weighted by Crippen LogP contribution is -2.00. The van der Waals surface area contributed by atoms with Crippen molar-refractivity contribution >= 4 is 15.9 Å². The predicted molar refractivity (Wildman–Crippen MR) is 61.6 cm³/mol. The molecule has 1 aromatic heterocycles. The van der Waals surface area contributed by atoms with Crippen molar-refractivity contribution in [1.82, 2.24) is 4.98 Å². The summed E-state index contributed by atoms with van der Waals surface area (Å²) >= 11 is 3.39. The van der Waals surface area contributed by atoms with E-state index in [0.29, 0.717) is 12.5 Å². The summed E-state index contributed by atoms with van der Waals surface area (Å²) < 4.78 is 6.46. The van der Waals surface area contributed by atoms with Crippen molar-refractivity contribution in [2.75, 3.05) is 6.61 Å². The van der Waals surface area contributed by atoms with Gasteiger partial charge >= 0.3 is 0 Å². The van der Waals surface area contributed by atoms with Crippen molar-refractivity contribution < 1.29 is 4.74 Å². The molecule has 0 saturated heterocycles. The van der Waals surface area contributed by atoms with E-state index in [1.165, 1.54) is 0 Å². The van der Waals surface area contributed by atoms with Crippen molar-refractivity contribution in [2.24, 2.45) is 0 Å². The van der Waals surface area contributed by atoms with Crippen LogP contribution in [0.25, 0.3) is 0 Å². The van der Waals surface area contributed by atoms with Gasteiger partial charge in [0.2, 0.25) is 5.88 Å². The fraction of sp³-hybridized carbons (Fsp3) is 0.364. The molecular formula is C11H14BrNO. The SMILES string of the molecule is C=C(C)CCOc1ccc(Br)c(C)n1. The number of pyridine rings is 1. The molecule has 0 aliphatic rings. The number of rotatable bonds is 4. The maximum Gasteiger partial charge on any atom is 0.213 e. The second kappa shape index (κ2) is 5.15. The fourth-order valence-electron chi connectivity index (χ4n) is 0.931. The number of aryl methyl sites for hydroxylation is 1. The monoisotopic (exact) mass is 255 g/mol. The molecule has 0 saturated carbocycles. The molecule has 0 radical (unpaired) electrons. The van der Waals surface area contributed by atoms with Crippen LogP contribution in [-0.2, 0) is 0 Å². The molecule has 0 aliphatic carbocycles. The van der Waals surface area contributed by atoms with E-state index < -0.39 is 0 Å². The first-order valence-electron chi connectivity index (χ1n) is 4.50. The molecule has 0 aromatic carbocycles. The zero-order valence-corrected chi connectivity index (χ0v) is 10.1. The van der Waals surface area contributed by atoms with Gasteiger partial charge in [0, 0.05) is 17.0 Å². The lowest BCUT2D eigenvalue weighted by molar-refractivity contribution is 0.308. The molecule has 0 N–H and O–H groups in total. The molecule has 0 amide bonds. The van der Waals surface area contributed by atoms with Crippen LogP contribution in [0.2, 0.25) is 0 Å². The van der Waals surface area contributed by atoms with Crippen LogP contribution in [0.4, 0.5) is 0 Å². The molecule has 0 spiro atoms. The molecule has 0 unspecified atom stereocenters. The third kappa shape index (κ3) is 3.50. The van der Waals surface area contributed by atoms with E-state index in [-0.39, 0.29) is 0 Å². The van der Waals surface area contributed by atoms with Gasteiger partial charge in [-0.25, -0.2) is 4.98 Å². The largest absolute Gasteiger partial charge is 0.477 e. The number of hydrogen-bond donors (Lipinski definition) is 0. The Morgan fingerprint density at radius 1 is 1.57 bits per heavy atom. The smallest absolute Gasteiger partial charge is 0.213 e. The molecule has 1 heterocycles. The van der Waals surface area contributed by atoms with Gasteiger partial charge in [0.1, 0.15) is 0 Å². The van der Waals surface area contributed by atoms with Crippen molar-refractivity contribution in [3.8, 4) is 5.88 Å². The zero-order valence-electron chi connectivity index (χ0n) is 8.51. The van der Waals surface area contributed by atoms with Crippen molar-refractivity contribution in [2.45, 2.75) is 20.3 Å². The minimum atomic E-state index is 0.642. The van der Waals surface area contributed by atoms with Gasteiger partial charge in [-0.2, -0.15) is 0 Å². The Balaban J connectivity index is 2.51. The van der Waals surface area contributed by atoms with Gasteiger partial charge in [0.05, 0.1) is 12.3 Å². The van der Waals surface area contributed by atoms with Crippen LogP contribution >= 0.6 is 15.9 Å². The lowest BCUT2D eigenvalue weighted by atomic mass is 10.3. The highest BCUT2D eigenvalue weighted by Crippen LogP contribution is 2.17. The Kier molecular flexibility index (Phi) is 4.14. The number of aromatic nitrogens is 1. The van der Waals surface area contributed by atoms with Crippen LogP contribution in [0.5, 0.6) is 5.88 Å². The first-order valence-corrected chi connectivity index (χ1v) is 5.29. The quantitative estimate of drug-likeness (QED) is 0.769. The van der Waals surface area contributed by atoms with Crippen LogP contribution in [-0.4, -0.2) is 11.6 Å². The van der Waals surface area contributed by atoms with E-state index in [9.17, 15) is 0 Å². The first kappa shape index (κ1) is 11.2. The van der Waals surface area contributed by atoms with E-state index in [0.717, 1.165) is 22.2 Å². The topological polar surface area (TPSA) is 22.1 Å². The van der Waals surface area contributed by atoms with Gasteiger partial charge in [-0.05, 0) is 35.8 Å². The first-order chi connectivity index (χ1) is 6.59. The van der Waals surface area contributed by atoms with Crippen LogP contribution in [0.1, 0.15) is 19.0 Å². The highest BCUT2D eigenvalue weighted by atomic mass is 79.9. The fourth-order valence-corrected chi connectivity index (χ4v) is 1.15. The summed E-state index contributed by atoms with van der Waals surface area (Å²) in [6.45, 7) is 8.38. The van der Waals surface area contributed by atoms with Crippen molar-refractivity contribution in [3.63, 3.8) is 0 Å². The lowest BCUT2D eigenvalue weighted by Gasteiger charge is -2.06. The molecule has 0 atom stereocenters. The molecule has 0 fully saturated rings. The van der Waals surface area contributed by atoms with Crippen LogP contribution in [0.3, 0.4) is 0 Å².